The number of thioether (sulfide) groups is 1. The lowest BCUT2D eigenvalue weighted by Crippen LogP contribution is -2.11. The highest BCUT2D eigenvalue weighted by atomic mass is 79.9. The van der Waals surface area contributed by atoms with Crippen molar-refractivity contribution in [2.24, 2.45) is 0 Å². The maximum Gasteiger partial charge on any atom is 0.132 e. The highest BCUT2D eigenvalue weighted by Crippen LogP contribution is 2.29. The smallest absolute Gasteiger partial charge is 0.132 e. The van der Waals surface area contributed by atoms with E-state index in [1.807, 2.05) is 24.3 Å². The third kappa shape index (κ3) is 4.27. The summed E-state index contributed by atoms with van der Waals surface area (Å²) in [7, 11) is 4.11. The van der Waals surface area contributed by atoms with Gasteiger partial charge in [-0.3, -0.25) is 0 Å². The number of rotatable bonds is 5. The van der Waals surface area contributed by atoms with E-state index in [1.54, 1.807) is 11.8 Å². The summed E-state index contributed by atoms with van der Waals surface area (Å²) in [5.74, 6) is 1.77. The maximum absolute atomic E-state index is 6.01. The van der Waals surface area contributed by atoms with Crippen LogP contribution in [0.25, 0.3) is 0 Å². The molecule has 106 valence electrons. The van der Waals surface area contributed by atoms with Gasteiger partial charge >= 0.3 is 0 Å². The van der Waals surface area contributed by atoms with Gasteiger partial charge in [-0.05, 0) is 62.8 Å². The van der Waals surface area contributed by atoms with E-state index < -0.39 is 0 Å². The van der Waals surface area contributed by atoms with Crippen LogP contribution in [0, 0.1) is 0 Å². The largest absolute Gasteiger partial charge is 0.457 e. The Labute approximate surface area is 133 Å². The van der Waals surface area contributed by atoms with Crippen LogP contribution in [-0.4, -0.2) is 25.3 Å². The minimum atomic E-state index is 0.845. The molecule has 0 N–H and O–H groups in total. The Bertz CT molecular complexity index is 569. The first-order valence-electron chi connectivity index (χ1n) is 6.33. The van der Waals surface area contributed by atoms with Crippen molar-refractivity contribution in [2.75, 3.05) is 20.4 Å². The second kappa shape index (κ2) is 7.16. The van der Waals surface area contributed by atoms with E-state index in [0.29, 0.717) is 0 Å². The lowest BCUT2D eigenvalue weighted by atomic mass is 10.2. The molecule has 2 aromatic carbocycles. The van der Waals surface area contributed by atoms with E-state index in [2.05, 4.69) is 59.4 Å². The van der Waals surface area contributed by atoms with Gasteiger partial charge in [0.05, 0.1) is 0 Å². The Kier molecular flexibility index (Phi) is 5.52. The Morgan fingerprint density at radius 2 is 1.80 bits per heavy atom. The second-order valence-electron chi connectivity index (χ2n) is 4.77. The first kappa shape index (κ1) is 15.4. The third-order valence-electron chi connectivity index (χ3n) is 2.80. The average Bonchev–Trinajstić information content (AvgIpc) is 2.42. The zero-order valence-electron chi connectivity index (χ0n) is 11.9. The number of halogens is 1. The van der Waals surface area contributed by atoms with Gasteiger partial charge in [0, 0.05) is 21.5 Å². The van der Waals surface area contributed by atoms with Crippen LogP contribution in [0.3, 0.4) is 0 Å². The summed E-state index contributed by atoms with van der Waals surface area (Å²) in [5, 5.41) is 0. The summed E-state index contributed by atoms with van der Waals surface area (Å²) < 4.78 is 7.08. The van der Waals surface area contributed by atoms with Crippen molar-refractivity contribution in [1.29, 1.82) is 0 Å². The molecule has 0 radical (unpaired) electrons. The molecule has 0 saturated carbocycles. The molecule has 0 amide bonds. The lowest BCUT2D eigenvalue weighted by molar-refractivity contribution is 0.388. The number of ether oxygens (including phenoxy) is 1. The molecule has 2 rings (SSSR count). The predicted octanol–water partition coefficient (Wildman–Crippen LogP) is 5.02. The highest BCUT2D eigenvalue weighted by Gasteiger charge is 2.07. The van der Waals surface area contributed by atoms with Crippen molar-refractivity contribution >= 4 is 27.7 Å². The van der Waals surface area contributed by atoms with Crippen molar-refractivity contribution in [3.63, 3.8) is 0 Å². The normalized spacial score (nSPS) is 10.8. The van der Waals surface area contributed by atoms with Gasteiger partial charge < -0.3 is 9.64 Å². The molecule has 2 nitrogen and oxygen atoms in total. The van der Waals surface area contributed by atoms with Crippen LogP contribution in [0.15, 0.2) is 51.8 Å². The van der Waals surface area contributed by atoms with Gasteiger partial charge in [-0.15, -0.1) is 11.8 Å². The molecule has 0 spiro atoms. The van der Waals surface area contributed by atoms with Crippen LogP contribution < -0.4 is 4.74 Å². The van der Waals surface area contributed by atoms with Crippen LogP contribution in [0.4, 0.5) is 0 Å². The third-order valence-corrected chi connectivity index (χ3v) is 4.03. The van der Waals surface area contributed by atoms with Gasteiger partial charge in [-0.25, -0.2) is 0 Å². The van der Waals surface area contributed by atoms with Crippen LogP contribution >= 0.6 is 27.7 Å². The molecule has 0 aliphatic heterocycles. The first-order valence-corrected chi connectivity index (χ1v) is 8.35. The Balaban J connectivity index is 2.22. The van der Waals surface area contributed by atoms with Crippen molar-refractivity contribution in [3.05, 3.63) is 52.5 Å². The minimum absolute atomic E-state index is 0.845. The van der Waals surface area contributed by atoms with Gasteiger partial charge in [0.2, 0.25) is 0 Å². The molecule has 0 aliphatic rings. The Morgan fingerprint density at radius 3 is 2.40 bits per heavy atom. The van der Waals surface area contributed by atoms with Gasteiger partial charge in [-0.1, -0.05) is 15.9 Å². The first-order chi connectivity index (χ1) is 9.58. The summed E-state index contributed by atoms with van der Waals surface area (Å²) in [6, 6.07) is 14.3. The number of nitrogens with zero attached hydrogens (tertiary/aromatic N) is 1. The molecule has 0 aromatic heterocycles. The van der Waals surface area contributed by atoms with E-state index >= 15 is 0 Å². The van der Waals surface area contributed by atoms with Crippen LogP contribution in [0.5, 0.6) is 11.5 Å². The zero-order chi connectivity index (χ0) is 14.5. The maximum atomic E-state index is 6.01. The monoisotopic (exact) mass is 351 g/mol. The fourth-order valence-corrected chi connectivity index (χ4v) is 2.70. The molecule has 2 aromatic rings. The number of hydrogen-bond acceptors (Lipinski definition) is 3. The van der Waals surface area contributed by atoms with Crippen molar-refractivity contribution in [3.8, 4) is 11.5 Å². The van der Waals surface area contributed by atoms with Gasteiger partial charge in [-0.2, -0.15) is 0 Å². The van der Waals surface area contributed by atoms with E-state index in [-0.39, 0.29) is 0 Å². The summed E-state index contributed by atoms with van der Waals surface area (Å²) in [6.07, 6.45) is 2.07. The van der Waals surface area contributed by atoms with Crippen LogP contribution in [0.1, 0.15) is 5.56 Å². The molecule has 0 heterocycles. The topological polar surface area (TPSA) is 12.5 Å². The number of hydrogen-bond donors (Lipinski definition) is 0. The van der Waals surface area contributed by atoms with Crippen LogP contribution in [0.2, 0.25) is 0 Å². The SMILES string of the molecule is CSc1ccc(Oc2ccc(Br)cc2CN(C)C)cc1. The molecule has 4 heteroatoms. The minimum Gasteiger partial charge on any atom is -0.457 e. The fraction of sp³-hybridized carbons (Fsp3) is 0.250. The van der Waals surface area contributed by atoms with Crippen molar-refractivity contribution in [1.82, 2.24) is 4.90 Å². The van der Waals surface area contributed by atoms with E-state index in [4.69, 9.17) is 4.74 Å². The molecule has 0 saturated heterocycles. The fourth-order valence-electron chi connectivity index (χ4n) is 1.88. The zero-order valence-corrected chi connectivity index (χ0v) is 14.3. The molecule has 0 bridgehead atoms. The summed E-state index contributed by atoms with van der Waals surface area (Å²) in [4.78, 5) is 3.37. The Morgan fingerprint density at radius 1 is 1.10 bits per heavy atom. The van der Waals surface area contributed by atoms with Crippen LogP contribution in [-0.2, 0) is 6.54 Å². The van der Waals surface area contributed by atoms with E-state index in [0.717, 1.165) is 22.5 Å². The standard InChI is InChI=1S/C16H18BrNOS/c1-18(2)11-12-10-13(17)4-9-16(12)19-14-5-7-15(20-3)8-6-14/h4-10H,11H2,1-3H3. The Hall–Kier alpha value is -0.970. The summed E-state index contributed by atoms with van der Waals surface area (Å²) in [5.41, 5.74) is 1.17. The van der Waals surface area contributed by atoms with Gasteiger partial charge in [0.15, 0.2) is 0 Å². The average molecular weight is 352 g/mol. The van der Waals surface area contributed by atoms with E-state index in [1.165, 1.54) is 10.5 Å². The van der Waals surface area contributed by atoms with Gasteiger partial charge in [0.1, 0.15) is 11.5 Å². The molecule has 0 aliphatic carbocycles. The predicted molar refractivity (Wildman–Crippen MR) is 89.8 cm³/mol. The van der Waals surface area contributed by atoms with Gasteiger partial charge in [0.25, 0.3) is 0 Å². The molecular weight excluding hydrogens is 334 g/mol. The van der Waals surface area contributed by atoms with E-state index in [9.17, 15) is 0 Å². The van der Waals surface area contributed by atoms with Crippen molar-refractivity contribution in [2.45, 2.75) is 11.4 Å². The quantitative estimate of drug-likeness (QED) is 0.701. The summed E-state index contributed by atoms with van der Waals surface area (Å²) >= 11 is 5.24. The van der Waals surface area contributed by atoms with Crippen molar-refractivity contribution < 1.29 is 4.74 Å². The molecule has 0 fully saturated rings. The lowest BCUT2D eigenvalue weighted by Gasteiger charge is -2.15. The summed E-state index contributed by atoms with van der Waals surface area (Å²) in [6.45, 7) is 0.845. The highest BCUT2D eigenvalue weighted by molar-refractivity contribution is 9.10. The molecule has 0 unspecified atom stereocenters. The molecule has 0 atom stereocenters. The molecule has 20 heavy (non-hydrogen) atoms. The molecular formula is C16H18BrNOS. The number of benzene rings is 2. The second-order valence-corrected chi connectivity index (χ2v) is 6.56.